The van der Waals surface area contributed by atoms with Crippen LogP contribution in [0.5, 0.6) is 0 Å². The molecule has 3 N–H and O–H groups in total. The molecule has 6 heteroatoms. The average Bonchev–Trinajstić information content (AvgIpc) is 2.97. The summed E-state index contributed by atoms with van der Waals surface area (Å²) < 4.78 is 13.6. The molecule has 1 aromatic carbocycles. The smallest absolute Gasteiger partial charge is 0.319 e. The van der Waals surface area contributed by atoms with Gasteiger partial charge >= 0.3 is 6.03 Å². The molecule has 5 nitrogen and oxygen atoms in total. The minimum atomic E-state index is -0.427. The third-order valence-corrected chi connectivity index (χ3v) is 4.24. The summed E-state index contributed by atoms with van der Waals surface area (Å²) in [7, 11) is 0. The van der Waals surface area contributed by atoms with Gasteiger partial charge in [-0.15, -0.1) is 0 Å². The van der Waals surface area contributed by atoms with Crippen LogP contribution in [0.4, 0.5) is 14.9 Å². The fourth-order valence-electron chi connectivity index (χ4n) is 2.93. The van der Waals surface area contributed by atoms with Crippen LogP contribution in [0.25, 0.3) is 0 Å². The van der Waals surface area contributed by atoms with Crippen molar-refractivity contribution in [1.82, 2.24) is 10.2 Å². The van der Waals surface area contributed by atoms with Crippen LogP contribution in [-0.2, 0) is 0 Å². The third kappa shape index (κ3) is 5.48. The normalized spacial score (nSPS) is 18.1. The van der Waals surface area contributed by atoms with E-state index in [0.717, 1.165) is 44.3 Å². The van der Waals surface area contributed by atoms with Crippen molar-refractivity contribution >= 4 is 11.7 Å². The number of likely N-dealkylation sites (tertiary alicyclic amines) is 1. The Balaban J connectivity index is 1.61. The maximum atomic E-state index is 13.6. The zero-order valence-electron chi connectivity index (χ0n) is 13.6. The molecule has 0 aromatic heterocycles. The van der Waals surface area contributed by atoms with E-state index < -0.39 is 5.82 Å². The number of halogens is 1. The molecule has 128 valence electrons. The summed E-state index contributed by atoms with van der Waals surface area (Å²) in [6.45, 7) is 4.57. The molecule has 2 amide bonds. The van der Waals surface area contributed by atoms with Gasteiger partial charge in [-0.25, -0.2) is 9.18 Å². The summed E-state index contributed by atoms with van der Waals surface area (Å²) in [5.74, 6) is -0.427. The van der Waals surface area contributed by atoms with Crippen LogP contribution in [0, 0.1) is 12.7 Å². The van der Waals surface area contributed by atoms with Gasteiger partial charge < -0.3 is 15.7 Å². The minimum absolute atomic E-state index is 0.191. The second-order valence-corrected chi connectivity index (χ2v) is 6.09. The van der Waals surface area contributed by atoms with Crippen LogP contribution in [0.15, 0.2) is 18.2 Å². The van der Waals surface area contributed by atoms with Crippen LogP contribution < -0.4 is 10.6 Å². The predicted octanol–water partition coefficient (Wildman–Crippen LogP) is 2.49. The van der Waals surface area contributed by atoms with Crippen molar-refractivity contribution in [1.29, 1.82) is 0 Å². The highest BCUT2D eigenvalue weighted by Crippen LogP contribution is 2.17. The van der Waals surface area contributed by atoms with Gasteiger partial charge in [0.05, 0.1) is 12.3 Å². The fourth-order valence-corrected chi connectivity index (χ4v) is 2.93. The Morgan fingerprint density at radius 2 is 2.26 bits per heavy atom. The van der Waals surface area contributed by atoms with Crippen LogP contribution in [0.2, 0.25) is 0 Å². The number of anilines is 1. The number of nitrogens with one attached hydrogen (secondary N) is 2. The highest BCUT2D eigenvalue weighted by molar-refractivity contribution is 5.89. The van der Waals surface area contributed by atoms with Gasteiger partial charge in [0.1, 0.15) is 5.82 Å². The molecule has 1 aliphatic heterocycles. The third-order valence-electron chi connectivity index (χ3n) is 4.24. The first-order chi connectivity index (χ1) is 11.1. The van der Waals surface area contributed by atoms with E-state index in [-0.39, 0.29) is 18.3 Å². The number of carbonyl (C=O) groups excluding carboxylic acids is 1. The molecule has 0 saturated carbocycles. The molecule has 23 heavy (non-hydrogen) atoms. The lowest BCUT2D eigenvalue weighted by Gasteiger charge is -2.22. The Morgan fingerprint density at radius 3 is 3.00 bits per heavy atom. The number of rotatable bonds is 7. The van der Waals surface area contributed by atoms with E-state index >= 15 is 0 Å². The molecule has 1 heterocycles. The molecule has 1 fully saturated rings. The maximum absolute atomic E-state index is 13.6. The van der Waals surface area contributed by atoms with Gasteiger partial charge in [-0.3, -0.25) is 4.90 Å². The fraction of sp³-hybridized carbons (Fsp3) is 0.588. The number of benzene rings is 1. The van der Waals surface area contributed by atoms with Crippen molar-refractivity contribution in [2.24, 2.45) is 0 Å². The average molecular weight is 323 g/mol. The molecule has 0 aliphatic carbocycles. The van der Waals surface area contributed by atoms with Gasteiger partial charge in [-0.05, 0) is 63.4 Å². The van der Waals surface area contributed by atoms with Crippen LogP contribution in [-0.4, -0.2) is 48.3 Å². The summed E-state index contributed by atoms with van der Waals surface area (Å²) in [4.78, 5) is 14.0. The van der Waals surface area contributed by atoms with Gasteiger partial charge in [-0.2, -0.15) is 0 Å². The van der Waals surface area contributed by atoms with Crippen LogP contribution in [0.3, 0.4) is 0 Å². The second kappa shape index (κ2) is 8.84. The highest BCUT2D eigenvalue weighted by atomic mass is 19.1. The number of urea groups is 1. The van der Waals surface area contributed by atoms with Crippen molar-refractivity contribution in [2.75, 3.05) is 31.6 Å². The largest absolute Gasteiger partial charge is 0.395 e. The summed E-state index contributed by atoms with van der Waals surface area (Å²) in [6, 6.07) is 4.63. The zero-order chi connectivity index (χ0) is 16.7. The summed E-state index contributed by atoms with van der Waals surface area (Å²) in [5.41, 5.74) is 1.01. The SMILES string of the molecule is Cc1ccc(NC(=O)NCCCCN2CCCC2CO)c(F)c1. The van der Waals surface area contributed by atoms with Gasteiger partial charge in [0.25, 0.3) is 0 Å². The number of aryl methyl sites for hydroxylation is 1. The van der Waals surface area contributed by atoms with Crippen molar-refractivity contribution in [2.45, 2.75) is 38.6 Å². The van der Waals surface area contributed by atoms with Crippen molar-refractivity contribution in [3.05, 3.63) is 29.6 Å². The van der Waals surface area contributed by atoms with Crippen LogP contribution >= 0.6 is 0 Å². The number of nitrogens with zero attached hydrogens (tertiary/aromatic N) is 1. The van der Waals surface area contributed by atoms with Gasteiger partial charge in [-0.1, -0.05) is 6.07 Å². The maximum Gasteiger partial charge on any atom is 0.319 e. The van der Waals surface area contributed by atoms with E-state index in [1.165, 1.54) is 6.07 Å². The highest BCUT2D eigenvalue weighted by Gasteiger charge is 2.22. The van der Waals surface area contributed by atoms with Crippen molar-refractivity contribution in [3.8, 4) is 0 Å². The first-order valence-electron chi connectivity index (χ1n) is 8.26. The topological polar surface area (TPSA) is 64.6 Å². The monoisotopic (exact) mass is 323 g/mol. The lowest BCUT2D eigenvalue weighted by atomic mass is 10.2. The van der Waals surface area contributed by atoms with Gasteiger partial charge in [0, 0.05) is 12.6 Å². The Kier molecular flexibility index (Phi) is 6.80. The summed E-state index contributed by atoms with van der Waals surface area (Å²) in [5, 5.41) is 14.5. The Hall–Kier alpha value is -1.66. The van der Waals surface area contributed by atoms with Crippen LogP contribution in [0.1, 0.15) is 31.2 Å². The molecule has 1 unspecified atom stereocenters. The molecular weight excluding hydrogens is 297 g/mol. The number of hydrogen-bond donors (Lipinski definition) is 3. The minimum Gasteiger partial charge on any atom is -0.395 e. The first kappa shape index (κ1) is 17.7. The number of aliphatic hydroxyl groups is 1. The van der Waals surface area contributed by atoms with E-state index in [1.54, 1.807) is 19.1 Å². The molecule has 0 radical (unpaired) electrons. The summed E-state index contributed by atoms with van der Waals surface area (Å²) >= 11 is 0. The molecule has 1 aromatic rings. The second-order valence-electron chi connectivity index (χ2n) is 6.09. The lowest BCUT2D eigenvalue weighted by Crippen LogP contribution is -2.34. The Morgan fingerprint density at radius 1 is 1.43 bits per heavy atom. The van der Waals surface area contributed by atoms with Gasteiger partial charge in [0.15, 0.2) is 0 Å². The number of unbranched alkanes of at least 4 members (excludes halogenated alkanes) is 1. The summed E-state index contributed by atoms with van der Waals surface area (Å²) in [6.07, 6.45) is 4.04. The van der Waals surface area contributed by atoms with E-state index in [1.807, 2.05) is 0 Å². The molecule has 2 rings (SSSR count). The molecule has 0 bridgehead atoms. The number of hydrogen-bond acceptors (Lipinski definition) is 3. The molecule has 0 spiro atoms. The van der Waals surface area contributed by atoms with Crippen molar-refractivity contribution < 1.29 is 14.3 Å². The number of aliphatic hydroxyl groups excluding tert-OH is 1. The molecule has 1 saturated heterocycles. The molecular formula is C17H26FN3O2. The Labute approximate surface area is 136 Å². The standard InChI is InChI=1S/C17H26FN3O2/c1-13-6-7-16(15(18)11-13)20-17(23)19-8-2-3-9-21-10-4-5-14(21)12-22/h6-7,11,14,22H,2-5,8-10,12H2,1H3,(H2,19,20,23). The quantitative estimate of drug-likeness (QED) is 0.676. The van der Waals surface area contributed by atoms with E-state index in [4.69, 9.17) is 0 Å². The first-order valence-corrected chi connectivity index (χ1v) is 8.26. The lowest BCUT2D eigenvalue weighted by molar-refractivity contribution is 0.157. The van der Waals surface area contributed by atoms with E-state index in [0.29, 0.717) is 12.6 Å². The molecule has 1 atom stereocenters. The Bertz CT molecular complexity index is 525. The predicted molar refractivity (Wildman–Crippen MR) is 89.1 cm³/mol. The zero-order valence-corrected chi connectivity index (χ0v) is 13.6. The van der Waals surface area contributed by atoms with E-state index in [9.17, 15) is 14.3 Å². The van der Waals surface area contributed by atoms with Gasteiger partial charge in [0.2, 0.25) is 0 Å². The van der Waals surface area contributed by atoms with E-state index in [2.05, 4.69) is 15.5 Å². The number of carbonyl (C=O) groups is 1. The van der Waals surface area contributed by atoms with Crippen molar-refractivity contribution in [3.63, 3.8) is 0 Å². The molecule has 1 aliphatic rings. The number of amides is 2.